The molecule has 5 atom stereocenters. The van der Waals surface area contributed by atoms with Crippen LogP contribution in [0.2, 0.25) is 0 Å². The number of aromatic nitrogens is 4. The van der Waals surface area contributed by atoms with E-state index >= 15 is 0 Å². The fourth-order valence-electron chi connectivity index (χ4n) is 4.33. The van der Waals surface area contributed by atoms with Gasteiger partial charge in [-0.05, 0) is 33.1 Å². The minimum Gasteiger partial charge on any atom is -0.365 e. The van der Waals surface area contributed by atoms with E-state index in [1.807, 2.05) is 18.4 Å². The second-order valence-electron chi connectivity index (χ2n) is 8.09. The van der Waals surface area contributed by atoms with E-state index in [1.165, 1.54) is 0 Å². The summed E-state index contributed by atoms with van der Waals surface area (Å²) in [5.74, 6) is -0.00139. The Bertz CT molecular complexity index is 868. The predicted octanol–water partition coefficient (Wildman–Crippen LogP) is 1.83. The summed E-state index contributed by atoms with van der Waals surface area (Å²) in [4.78, 5) is 13.3. The van der Waals surface area contributed by atoms with E-state index in [0.29, 0.717) is 17.9 Å². The second kappa shape index (κ2) is 7.44. The Kier molecular flexibility index (Phi) is 4.91. The average Bonchev–Trinajstić information content (AvgIpc) is 3.38. The number of ether oxygens (including phenoxy) is 5. The molecule has 29 heavy (non-hydrogen) atoms. The van der Waals surface area contributed by atoms with Gasteiger partial charge in [-0.1, -0.05) is 0 Å². The molecule has 0 aliphatic carbocycles. The molecule has 0 saturated carbocycles. The zero-order chi connectivity index (χ0) is 20.0. The highest BCUT2D eigenvalue weighted by molar-refractivity contribution is 5.82. The van der Waals surface area contributed by atoms with Crippen LogP contribution in [-0.4, -0.2) is 70.2 Å². The van der Waals surface area contributed by atoms with E-state index in [4.69, 9.17) is 23.7 Å². The van der Waals surface area contributed by atoms with Gasteiger partial charge in [0.1, 0.15) is 30.9 Å². The monoisotopic (exact) mass is 405 g/mol. The number of nitrogens with zero attached hydrogens (tertiary/aromatic N) is 4. The molecule has 0 aromatic carbocycles. The van der Waals surface area contributed by atoms with Gasteiger partial charge < -0.3 is 29.0 Å². The summed E-state index contributed by atoms with van der Waals surface area (Å²) in [6, 6.07) is 0. The SMILES string of the molecule is CO[C@@H]1O[C@H](CNc2ncnc3c2ncn3C2CCCCO2)[C@H]2OC(C)(C)O[C@@H]12. The van der Waals surface area contributed by atoms with Gasteiger partial charge in [0.25, 0.3) is 0 Å². The lowest BCUT2D eigenvalue weighted by Gasteiger charge is -2.24. The van der Waals surface area contributed by atoms with Gasteiger partial charge in [0.2, 0.25) is 0 Å². The van der Waals surface area contributed by atoms with Crippen molar-refractivity contribution in [1.82, 2.24) is 19.5 Å². The first kappa shape index (κ1) is 19.1. The quantitative estimate of drug-likeness (QED) is 0.798. The van der Waals surface area contributed by atoms with Crippen LogP contribution in [0.4, 0.5) is 5.82 Å². The van der Waals surface area contributed by atoms with Crippen LogP contribution in [0.25, 0.3) is 11.2 Å². The van der Waals surface area contributed by atoms with Crippen molar-refractivity contribution < 1.29 is 23.7 Å². The molecule has 0 spiro atoms. The zero-order valence-electron chi connectivity index (χ0n) is 16.9. The molecule has 0 amide bonds. The molecule has 5 heterocycles. The third-order valence-corrected chi connectivity index (χ3v) is 5.63. The molecule has 3 aliphatic heterocycles. The van der Waals surface area contributed by atoms with Crippen LogP contribution in [0.15, 0.2) is 12.7 Å². The van der Waals surface area contributed by atoms with Crippen LogP contribution in [0, 0.1) is 0 Å². The largest absolute Gasteiger partial charge is 0.365 e. The van der Waals surface area contributed by atoms with Crippen molar-refractivity contribution in [3.05, 3.63) is 12.7 Å². The van der Waals surface area contributed by atoms with E-state index in [0.717, 1.165) is 31.5 Å². The van der Waals surface area contributed by atoms with Gasteiger partial charge >= 0.3 is 0 Å². The van der Waals surface area contributed by atoms with Crippen molar-refractivity contribution in [2.45, 2.75) is 69.7 Å². The Labute approximate surface area is 168 Å². The molecule has 10 nitrogen and oxygen atoms in total. The molecule has 2 aromatic rings. The molecule has 158 valence electrons. The highest BCUT2D eigenvalue weighted by Crippen LogP contribution is 2.39. The molecule has 0 bridgehead atoms. The Balaban J connectivity index is 1.33. The van der Waals surface area contributed by atoms with E-state index in [1.54, 1.807) is 19.8 Å². The van der Waals surface area contributed by atoms with Crippen LogP contribution in [0.1, 0.15) is 39.3 Å². The van der Waals surface area contributed by atoms with Gasteiger partial charge in [0.15, 0.2) is 29.1 Å². The van der Waals surface area contributed by atoms with Crippen LogP contribution < -0.4 is 5.32 Å². The number of hydrogen-bond donors (Lipinski definition) is 1. The fourth-order valence-corrected chi connectivity index (χ4v) is 4.33. The summed E-state index contributed by atoms with van der Waals surface area (Å²) in [7, 11) is 1.61. The number of anilines is 1. The second-order valence-corrected chi connectivity index (χ2v) is 8.09. The highest BCUT2D eigenvalue weighted by atomic mass is 16.8. The van der Waals surface area contributed by atoms with Gasteiger partial charge in [-0.15, -0.1) is 0 Å². The fraction of sp³-hybridized carbons (Fsp3) is 0.737. The van der Waals surface area contributed by atoms with E-state index in [2.05, 4.69) is 20.3 Å². The molecule has 1 unspecified atom stereocenters. The lowest BCUT2D eigenvalue weighted by Crippen LogP contribution is -2.34. The Morgan fingerprint density at radius 3 is 2.86 bits per heavy atom. The molecule has 2 aromatic heterocycles. The first-order valence-electron chi connectivity index (χ1n) is 10.1. The third-order valence-electron chi connectivity index (χ3n) is 5.63. The smallest absolute Gasteiger partial charge is 0.186 e. The lowest BCUT2D eigenvalue weighted by atomic mass is 10.1. The number of imidazole rings is 1. The number of methoxy groups -OCH3 is 1. The summed E-state index contributed by atoms with van der Waals surface area (Å²) in [6.07, 6.45) is 5.33. The molecular formula is C19H27N5O5. The zero-order valence-corrected chi connectivity index (χ0v) is 16.9. The van der Waals surface area contributed by atoms with E-state index < -0.39 is 12.1 Å². The van der Waals surface area contributed by atoms with Crippen LogP contribution in [0.3, 0.4) is 0 Å². The maximum absolute atomic E-state index is 6.04. The molecule has 0 radical (unpaired) electrons. The molecule has 1 N–H and O–H groups in total. The molecule has 3 fully saturated rings. The minimum absolute atomic E-state index is 0.0239. The number of hydrogen-bond acceptors (Lipinski definition) is 9. The molecule has 3 saturated heterocycles. The number of fused-ring (bicyclic) bond motifs is 2. The summed E-state index contributed by atoms with van der Waals surface area (Å²) < 4.78 is 31.3. The Morgan fingerprint density at radius 1 is 1.21 bits per heavy atom. The van der Waals surface area contributed by atoms with Crippen molar-refractivity contribution in [2.24, 2.45) is 0 Å². The highest BCUT2D eigenvalue weighted by Gasteiger charge is 2.55. The molecule has 10 heteroatoms. The molecule has 3 aliphatic rings. The van der Waals surface area contributed by atoms with Crippen molar-refractivity contribution in [1.29, 1.82) is 0 Å². The van der Waals surface area contributed by atoms with Gasteiger partial charge in [-0.25, -0.2) is 15.0 Å². The summed E-state index contributed by atoms with van der Waals surface area (Å²) in [6.45, 7) is 5.05. The maximum Gasteiger partial charge on any atom is 0.186 e. The van der Waals surface area contributed by atoms with Gasteiger partial charge in [-0.2, -0.15) is 0 Å². The van der Waals surface area contributed by atoms with Gasteiger partial charge in [0, 0.05) is 20.3 Å². The van der Waals surface area contributed by atoms with Crippen molar-refractivity contribution in [2.75, 3.05) is 25.6 Å². The average molecular weight is 405 g/mol. The Morgan fingerprint density at radius 2 is 2.07 bits per heavy atom. The molecule has 5 rings (SSSR count). The summed E-state index contributed by atoms with van der Waals surface area (Å²) >= 11 is 0. The Hall–Kier alpha value is -1.85. The minimum atomic E-state index is -0.658. The molecular weight excluding hydrogens is 378 g/mol. The number of rotatable bonds is 5. The first-order chi connectivity index (χ1) is 14.1. The predicted molar refractivity (Wildman–Crippen MR) is 102 cm³/mol. The standard InChI is InChI=1S/C19H27N5O5/c1-19(2)28-14-11(27-18(25-3)15(14)29-19)8-20-16-13-17(22-9-21-16)24(10-23-13)12-6-4-5-7-26-12/h9-12,14-15,18H,4-8H2,1-3H3,(H,20,21,22)/t11-,12?,14-,15-,18-/m1/s1. The first-order valence-corrected chi connectivity index (χ1v) is 10.1. The summed E-state index contributed by atoms with van der Waals surface area (Å²) in [5.41, 5.74) is 1.47. The van der Waals surface area contributed by atoms with Gasteiger partial charge in [0.05, 0.1) is 6.33 Å². The topological polar surface area (TPSA) is 102 Å². The van der Waals surface area contributed by atoms with Crippen LogP contribution in [-0.2, 0) is 23.7 Å². The van der Waals surface area contributed by atoms with E-state index in [9.17, 15) is 0 Å². The lowest BCUT2D eigenvalue weighted by molar-refractivity contribution is -0.225. The maximum atomic E-state index is 6.04. The van der Waals surface area contributed by atoms with Crippen molar-refractivity contribution >= 4 is 17.0 Å². The summed E-state index contributed by atoms with van der Waals surface area (Å²) in [5, 5.41) is 3.35. The van der Waals surface area contributed by atoms with Crippen molar-refractivity contribution in [3.63, 3.8) is 0 Å². The van der Waals surface area contributed by atoms with Crippen LogP contribution >= 0.6 is 0 Å². The number of nitrogens with one attached hydrogen (secondary N) is 1. The third kappa shape index (κ3) is 3.49. The van der Waals surface area contributed by atoms with Crippen molar-refractivity contribution in [3.8, 4) is 0 Å². The normalized spacial score (nSPS) is 33.8. The van der Waals surface area contributed by atoms with Gasteiger partial charge in [-0.3, -0.25) is 4.57 Å². The van der Waals surface area contributed by atoms with Crippen LogP contribution in [0.5, 0.6) is 0 Å². The van der Waals surface area contributed by atoms with E-state index in [-0.39, 0.29) is 24.5 Å².